The summed E-state index contributed by atoms with van der Waals surface area (Å²) in [5.74, 6) is -4.32. The van der Waals surface area contributed by atoms with Crippen molar-refractivity contribution in [2.75, 3.05) is 6.61 Å². The number of carboxylic acids is 2. The Bertz CT molecular complexity index is 1140. The maximum absolute atomic E-state index is 14.0. The Morgan fingerprint density at radius 1 is 1.21 bits per heavy atom. The summed E-state index contributed by atoms with van der Waals surface area (Å²) in [5.41, 5.74) is 0.199. The maximum Gasteiger partial charge on any atom is 0.326 e. The molecule has 33 heavy (non-hydrogen) atoms. The number of benzene rings is 2. The highest BCUT2D eigenvalue weighted by Gasteiger charge is 2.28. The first-order chi connectivity index (χ1) is 15.7. The van der Waals surface area contributed by atoms with Gasteiger partial charge in [0.05, 0.1) is 10.6 Å². The number of carboxylic acid groups (broad SMARTS) is 2. The minimum Gasteiger partial charge on any atom is -0.484 e. The van der Waals surface area contributed by atoms with Crippen LogP contribution in [0.15, 0.2) is 42.2 Å². The van der Waals surface area contributed by atoms with Crippen LogP contribution in [-0.2, 0) is 14.4 Å². The minimum absolute atomic E-state index is 0.000602. The average molecular weight is 478 g/mol. The molecule has 0 saturated heterocycles. The number of ether oxygens (including phenoxy) is 2. The fraction of sp³-hybridized carbons (Fsp3) is 0.182. The van der Waals surface area contributed by atoms with Crippen LogP contribution < -0.4 is 14.8 Å². The van der Waals surface area contributed by atoms with Gasteiger partial charge in [-0.05, 0) is 36.8 Å². The number of rotatable bonds is 9. The van der Waals surface area contributed by atoms with Crippen LogP contribution in [0.25, 0.3) is 6.08 Å². The fourth-order valence-electron chi connectivity index (χ4n) is 2.95. The van der Waals surface area contributed by atoms with Crippen molar-refractivity contribution in [1.82, 2.24) is 5.32 Å². The zero-order chi connectivity index (χ0) is 24.1. The molecule has 1 amide bonds. The normalized spacial score (nSPS) is 14.4. The molecule has 0 aliphatic carbocycles. The van der Waals surface area contributed by atoms with Crippen LogP contribution in [0.3, 0.4) is 0 Å². The van der Waals surface area contributed by atoms with E-state index < -0.39 is 48.5 Å². The van der Waals surface area contributed by atoms with Crippen molar-refractivity contribution in [2.45, 2.75) is 18.9 Å². The van der Waals surface area contributed by atoms with Crippen molar-refractivity contribution in [3.8, 4) is 11.5 Å². The number of allylic oxidation sites excluding steroid dienone is 1. The number of carbonyl (C=O) groups is 4. The zero-order valence-electron chi connectivity index (χ0n) is 16.8. The first kappa shape index (κ1) is 23.7. The topological polar surface area (TPSA) is 139 Å². The highest BCUT2D eigenvalue weighted by atomic mass is 35.5. The second-order valence-corrected chi connectivity index (χ2v) is 7.32. The molecule has 0 radical (unpaired) electrons. The number of ketones is 1. The van der Waals surface area contributed by atoms with Gasteiger partial charge in [0.2, 0.25) is 5.78 Å². The Labute approximate surface area is 191 Å². The van der Waals surface area contributed by atoms with E-state index in [9.17, 15) is 23.6 Å². The van der Waals surface area contributed by atoms with E-state index in [0.29, 0.717) is 0 Å². The molecule has 9 nitrogen and oxygen atoms in total. The third kappa shape index (κ3) is 5.86. The Balaban J connectivity index is 1.65. The van der Waals surface area contributed by atoms with Gasteiger partial charge in [-0.25, -0.2) is 9.18 Å². The number of nitrogens with one attached hydrogen (secondary N) is 1. The molecule has 1 aliphatic rings. The van der Waals surface area contributed by atoms with Crippen LogP contribution in [0.2, 0.25) is 5.02 Å². The van der Waals surface area contributed by atoms with Gasteiger partial charge in [-0.1, -0.05) is 17.7 Å². The second-order valence-electron chi connectivity index (χ2n) is 6.91. The standard InChI is InChI=1S/C22H17ClFNO8/c23-14-2-1-3-15(24)13(14)9-18-21(29)12-5-4-11(8-17(12)33-18)32-10-19(26)25-16(22(30)31)6-7-20(27)28/h1-5,8-9,16H,6-7,10H2,(H,25,26)(H,27,28)(H,30,31). The third-order valence-electron chi connectivity index (χ3n) is 4.57. The number of amides is 1. The largest absolute Gasteiger partial charge is 0.484 e. The van der Waals surface area contributed by atoms with E-state index in [4.69, 9.17) is 31.3 Å². The second kappa shape index (κ2) is 10.1. The van der Waals surface area contributed by atoms with Gasteiger partial charge in [-0.2, -0.15) is 0 Å². The molecule has 3 rings (SSSR count). The molecule has 2 aromatic rings. The molecule has 0 spiro atoms. The molecule has 172 valence electrons. The van der Waals surface area contributed by atoms with Crippen LogP contribution >= 0.6 is 11.6 Å². The van der Waals surface area contributed by atoms with Gasteiger partial charge in [0.15, 0.2) is 12.4 Å². The van der Waals surface area contributed by atoms with Gasteiger partial charge >= 0.3 is 11.9 Å². The molecular formula is C22H17ClFNO8. The van der Waals surface area contributed by atoms with Gasteiger partial charge in [0, 0.05) is 18.1 Å². The molecule has 1 atom stereocenters. The lowest BCUT2D eigenvalue weighted by molar-refractivity contribution is -0.143. The number of hydrogen-bond donors (Lipinski definition) is 3. The maximum atomic E-state index is 14.0. The van der Waals surface area contributed by atoms with E-state index in [0.717, 1.165) is 0 Å². The number of carbonyl (C=O) groups excluding carboxylic acids is 2. The highest BCUT2D eigenvalue weighted by Crippen LogP contribution is 2.35. The van der Waals surface area contributed by atoms with Crippen LogP contribution in [0, 0.1) is 5.82 Å². The number of aliphatic carboxylic acids is 2. The van der Waals surface area contributed by atoms with Crippen LogP contribution in [0.1, 0.15) is 28.8 Å². The Hall–Kier alpha value is -3.92. The molecule has 1 unspecified atom stereocenters. The Morgan fingerprint density at radius 2 is 1.97 bits per heavy atom. The summed E-state index contributed by atoms with van der Waals surface area (Å²) in [6, 6.07) is 6.87. The van der Waals surface area contributed by atoms with Crippen LogP contribution in [0.5, 0.6) is 11.5 Å². The number of Topliss-reactive ketones (excluding diaryl/α,β-unsaturated/α-hetero) is 1. The van der Waals surface area contributed by atoms with E-state index >= 15 is 0 Å². The molecule has 0 fully saturated rings. The Kier molecular flexibility index (Phi) is 7.29. The van der Waals surface area contributed by atoms with Crippen molar-refractivity contribution < 1.29 is 43.3 Å². The van der Waals surface area contributed by atoms with E-state index in [1.54, 1.807) is 0 Å². The summed E-state index contributed by atoms with van der Waals surface area (Å²) in [5, 5.41) is 20.0. The molecule has 0 saturated carbocycles. The van der Waals surface area contributed by atoms with Gasteiger partial charge in [0.1, 0.15) is 23.4 Å². The minimum atomic E-state index is -1.38. The van der Waals surface area contributed by atoms with Crippen LogP contribution in [-0.4, -0.2) is 46.5 Å². The summed E-state index contributed by atoms with van der Waals surface area (Å²) >= 11 is 5.98. The summed E-state index contributed by atoms with van der Waals surface area (Å²) in [6.45, 7) is -0.558. The van der Waals surface area contributed by atoms with Crippen molar-refractivity contribution in [1.29, 1.82) is 0 Å². The van der Waals surface area contributed by atoms with E-state index in [-0.39, 0.29) is 39.8 Å². The summed E-state index contributed by atoms with van der Waals surface area (Å²) in [6.07, 6.45) is 0.478. The average Bonchev–Trinajstić information content (AvgIpc) is 3.06. The summed E-state index contributed by atoms with van der Waals surface area (Å²) in [4.78, 5) is 46.3. The number of fused-ring (bicyclic) bond motifs is 1. The van der Waals surface area contributed by atoms with Gasteiger partial charge < -0.3 is 25.0 Å². The first-order valence-electron chi connectivity index (χ1n) is 9.54. The highest BCUT2D eigenvalue weighted by molar-refractivity contribution is 6.32. The predicted octanol–water partition coefficient (Wildman–Crippen LogP) is 2.91. The molecular weight excluding hydrogens is 461 g/mol. The molecule has 1 aliphatic heterocycles. The van der Waals surface area contributed by atoms with Crippen molar-refractivity contribution in [3.63, 3.8) is 0 Å². The SMILES string of the molecule is O=C(O)CCC(NC(=O)COc1ccc2c(c1)OC(=Cc1c(F)cccc1Cl)C2=O)C(=O)O. The molecule has 3 N–H and O–H groups in total. The Morgan fingerprint density at radius 3 is 2.64 bits per heavy atom. The first-order valence-corrected chi connectivity index (χ1v) is 9.92. The molecule has 0 aromatic heterocycles. The number of halogens is 2. The molecule has 1 heterocycles. The molecule has 2 aromatic carbocycles. The van der Waals surface area contributed by atoms with Crippen molar-refractivity contribution in [2.24, 2.45) is 0 Å². The van der Waals surface area contributed by atoms with Crippen molar-refractivity contribution >= 4 is 41.3 Å². The van der Waals surface area contributed by atoms with Crippen molar-refractivity contribution in [3.05, 3.63) is 64.1 Å². The lowest BCUT2D eigenvalue weighted by Gasteiger charge is -2.14. The third-order valence-corrected chi connectivity index (χ3v) is 4.90. The summed E-state index contributed by atoms with van der Waals surface area (Å²) < 4.78 is 24.8. The predicted molar refractivity (Wildman–Crippen MR) is 113 cm³/mol. The van der Waals surface area contributed by atoms with Gasteiger partial charge in [-0.3, -0.25) is 14.4 Å². The fourth-order valence-corrected chi connectivity index (χ4v) is 3.16. The van der Waals surface area contributed by atoms with Gasteiger partial charge in [0.25, 0.3) is 5.91 Å². The molecule has 0 bridgehead atoms. The van der Waals surface area contributed by atoms with E-state index in [1.165, 1.54) is 42.5 Å². The quantitative estimate of drug-likeness (QED) is 0.468. The van der Waals surface area contributed by atoms with E-state index in [1.807, 2.05) is 0 Å². The monoisotopic (exact) mass is 477 g/mol. The van der Waals surface area contributed by atoms with E-state index in [2.05, 4.69) is 5.32 Å². The number of hydrogen-bond acceptors (Lipinski definition) is 6. The smallest absolute Gasteiger partial charge is 0.326 e. The van der Waals surface area contributed by atoms with Gasteiger partial charge in [-0.15, -0.1) is 0 Å². The zero-order valence-corrected chi connectivity index (χ0v) is 17.6. The summed E-state index contributed by atoms with van der Waals surface area (Å²) in [7, 11) is 0. The molecule has 11 heteroatoms. The lowest BCUT2D eigenvalue weighted by Crippen LogP contribution is -2.43. The lowest BCUT2D eigenvalue weighted by atomic mass is 10.1. The van der Waals surface area contributed by atoms with Crippen LogP contribution in [0.4, 0.5) is 4.39 Å².